The van der Waals surface area contributed by atoms with E-state index in [1.54, 1.807) is 12.3 Å². The van der Waals surface area contributed by atoms with Gasteiger partial charge in [0.05, 0.1) is 5.75 Å². The number of hydrogen-bond acceptors (Lipinski definition) is 4. The molecule has 0 aliphatic rings. The number of nitrogens with one attached hydrogen (secondary N) is 1. The fourth-order valence-corrected chi connectivity index (χ4v) is 2.61. The largest absolute Gasteiger partial charge is 0.357 e. The maximum absolute atomic E-state index is 12.0. The molecule has 0 unspecified atom stereocenters. The molecule has 0 amide bonds. The highest BCUT2D eigenvalue weighted by Gasteiger charge is 2.09. The minimum atomic E-state index is -0.168. The Labute approximate surface area is 121 Å². The molecule has 0 bridgehead atoms. The first-order valence-corrected chi connectivity index (χ1v) is 7.45. The summed E-state index contributed by atoms with van der Waals surface area (Å²) in [6.45, 7) is 2.04. The Morgan fingerprint density at radius 3 is 2.95 bits per heavy atom. The van der Waals surface area contributed by atoms with Crippen molar-refractivity contribution < 1.29 is 4.79 Å². The number of Topliss-reactive ketones (excluding diaryl/α,β-unsaturated/α-hetero) is 1. The van der Waals surface area contributed by atoms with E-state index in [0.717, 1.165) is 18.5 Å². The van der Waals surface area contributed by atoms with Gasteiger partial charge in [0.25, 0.3) is 5.56 Å². The number of H-pyrrole nitrogens is 1. The van der Waals surface area contributed by atoms with E-state index in [-0.39, 0.29) is 17.1 Å². The highest BCUT2D eigenvalue weighted by Crippen LogP contribution is 2.14. The van der Waals surface area contributed by atoms with Gasteiger partial charge >= 0.3 is 0 Å². The van der Waals surface area contributed by atoms with Crippen molar-refractivity contribution >= 4 is 17.5 Å². The highest BCUT2D eigenvalue weighted by atomic mass is 32.2. The number of aromatic amines is 1. The molecule has 0 spiro atoms. The number of carbonyl (C=O) groups is 1. The molecular formula is C14H17N3O2S. The van der Waals surface area contributed by atoms with Crippen LogP contribution in [0.4, 0.5) is 0 Å². The molecule has 2 rings (SSSR count). The first kappa shape index (κ1) is 14.6. The van der Waals surface area contributed by atoms with Crippen molar-refractivity contribution in [3.63, 3.8) is 0 Å². The van der Waals surface area contributed by atoms with E-state index in [2.05, 4.69) is 9.97 Å². The molecule has 0 atom stereocenters. The summed E-state index contributed by atoms with van der Waals surface area (Å²) >= 11 is 1.26. The molecule has 2 aromatic rings. The molecule has 0 aliphatic carbocycles. The second kappa shape index (κ2) is 6.56. The van der Waals surface area contributed by atoms with Crippen LogP contribution in [0, 0.1) is 0 Å². The summed E-state index contributed by atoms with van der Waals surface area (Å²) in [6, 6.07) is 3.29. The topological polar surface area (TPSA) is 67.8 Å². The van der Waals surface area contributed by atoms with E-state index >= 15 is 0 Å². The summed E-state index contributed by atoms with van der Waals surface area (Å²) in [7, 11) is 1.87. The lowest BCUT2D eigenvalue weighted by molar-refractivity contribution is 0.102. The maximum Gasteiger partial charge on any atom is 0.251 e. The molecule has 0 fully saturated rings. The van der Waals surface area contributed by atoms with Gasteiger partial charge in [0, 0.05) is 36.8 Å². The molecule has 0 aliphatic heterocycles. The van der Waals surface area contributed by atoms with Gasteiger partial charge in [-0.05, 0) is 12.5 Å². The number of hydrogen-bond donors (Lipinski definition) is 1. The van der Waals surface area contributed by atoms with Crippen molar-refractivity contribution in [3.05, 3.63) is 46.1 Å². The quantitative estimate of drug-likeness (QED) is 0.502. The molecule has 0 saturated carbocycles. The van der Waals surface area contributed by atoms with Crippen LogP contribution in [0.5, 0.6) is 0 Å². The number of aryl methyl sites for hydroxylation is 2. The number of thioether (sulfide) groups is 1. The van der Waals surface area contributed by atoms with Crippen LogP contribution in [0.2, 0.25) is 0 Å². The summed E-state index contributed by atoms with van der Waals surface area (Å²) in [5, 5.41) is 0.505. The zero-order valence-corrected chi connectivity index (χ0v) is 12.4. The minimum Gasteiger partial charge on any atom is -0.357 e. The highest BCUT2D eigenvalue weighted by molar-refractivity contribution is 7.99. The monoisotopic (exact) mass is 291 g/mol. The van der Waals surface area contributed by atoms with Gasteiger partial charge in [-0.25, -0.2) is 4.98 Å². The van der Waals surface area contributed by atoms with Crippen LogP contribution in [0.1, 0.15) is 29.4 Å². The third-order valence-corrected chi connectivity index (χ3v) is 3.65. The predicted molar refractivity (Wildman–Crippen MR) is 79.3 cm³/mol. The van der Waals surface area contributed by atoms with E-state index in [1.165, 1.54) is 17.8 Å². The van der Waals surface area contributed by atoms with Crippen LogP contribution in [0.15, 0.2) is 34.5 Å². The van der Waals surface area contributed by atoms with Gasteiger partial charge in [0.2, 0.25) is 0 Å². The van der Waals surface area contributed by atoms with E-state index in [0.29, 0.717) is 10.7 Å². The summed E-state index contributed by atoms with van der Waals surface area (Å²) in [5.41, 5.74) is 1.27. The van der Waals surface area contributed by atoms with Crippen LogP contribution in [-0.2, 0) is 13.5 Å². The zero-order valence-electron chi connectivity index (χ0n) is 11.5. The molecule has 0 radical (unpaired) electrons. The molecular weight excluding hydrogens is 274 g/mol. The number of carbonyl (C=O) groups excluding carboxylic acids is 1. The Kier molecular flexibility index (Phi) is 4.79. The Morgan fingerprint density at radius 2 is 2.30 bits per heavy atom. The smallest absolute Gasteiger partial charge is 0.251 e. The first-order chi connectivity index (χ1) is 9.58. The lowest BCUT2D eigenvalue weighted by atomic mass is 10.2. The van der Waals surface area contributed by atoms with Crippen LogP contribution in [0.3, 0.4) is 0 Å². The average molecular weight is 291 g/mol. The summed E-state index contributed by atoms with van der Waals surface area (Å²) < 4.78 is 1.83. The van der Waals surface area contributed by atoms with Crippen LogP contribution >= 0.6 is 11.8 Å². The van der Waals surface area contributed by atoms with E-state index in [1.807, 2.05) is 24.7 Å². The van der Waals surface area contributed by atoms with Gasteiger partial charge in [0.1, 0.15) is 0 Å². The minimum absolute atomic E-state index is 0.0270. The molecule has 0 aromatic carbocycles. The van der Waals surface area contributed by atoms with Gasteiger partial charge < -0.3 is 9.55 Å². The Bertz CT molecular complexity index is 660. The number of aromatic nitrogens is 3. The van der Waals surface area contributed by atoms with Gasteiger partial charge in [-0.15, -0.1) is 0 Å². The van der Waals surface area contributed by atoms with Crippen LogP contribution in [-0.4, -0.2) is 26.1 Å². The normalized spacial score (nSPS) is 10.7. The molecule has 0 saturated heterocycles. The standard InChI is InChI=1S/C14H17N3O2S/c1-3-4-11-7-13(19)16-14(15-11)20-9-12(18)10-5-6-17(2)8-10/h5-8H,3-4,9H2,1-2H3,(H,15,16,19). The van der Waals surface area contributed by atoms with Crippen molar-refractivity contribution in [2.24, 2.45) is 7.05 Å². The second-order valence-corrected chi connectivity index (χ2v) is 5.53. The van der Waals surface area contributed by atoms with Gasteiger partial charge in [-0.1, -0.05) is 25.1 Å². The first-order valence-electron chi connectivity index (χ1n) is 6.46. The van der Waals surface area contributed by atoms with E-state index in [9.17, 15) is 9.59 Å². The molecule has 20 heavy (non-hydrogen) atoms. The fourth-order valence-electron chi connectivity index (χ4n) is 1.82. The van der Waals surface area contributed by atoms with Crippen molar-refractivity contribution in [3.8, 4) is 0 Å². The third-order valence-electron chi connectivity index (χ3n) is 2.77. The van der Waals surface area contributed by atoms with Gasteiger partial charge in [0.15, 0.2) is 10.9 Å². The van der Waals surface area contributed by atoms with E-state index < -0.39 is 0 Å². The fraction of sp³-hybridized carbons (Fsp3) is 0.357. The average Bonchev–Trinajstić information content (AvgIpc) is 2.82. The lowest BCUT2D eigenvalue weighted by Crippen LogP contribution is -2.11. The molecule has 2 aromatic heterocycles. The van der Waals surface area contributed by atoms with Gasteiger partial charge in [-0.3, -0.25) is 9.59 Å². The number of nitrogens with zero attached hydrogens (tertiary/aromatic N) is 2. The predicted octanol–water partition coefficient (Wildman–Crippen LogP) is 2.04. The lowest BCUT2D eigenvalue weighted by Gasteiger charge is -2.02. The van der Waals surface area contributed by atoms with Gasteiger partial charge in [-0.2, -0.15) is 0 Å². The molecule has 106 valence electrons. The molecule has 6 heteroatoms. The summed E-state index contributed by atoms with van der Waals surface area (Å²) in [4.78, 5) is 30.5. The third kappa shape index (κ3) is 3.84. The van der Waals surface area contributed by atoms with E-state index in [4.69, 9.17) is 0 Å². The van der Waals surface area contributed by atoms with Crippen molar-refractivity contribution in [1.82, 2.24) is 14.5 Å². The Morgan fingerprint density at radius 1 is 1.50 bits per heavy atom. The van der Waals surface area contributed by atoms with Crippen LogP contribution in [0.25, 0.3) is 0 Å². The molecule has 2 heterocycles. The summed E-state index contributed by atoms with van der Waals surface area (Å²) in [5.74, 6) is 0.293. The molecule has 5 nitrogen and oxygen atoms in total. The van der Waals surface area contributed by atoms with Crippen molar-refractivity contribution in [1.29, 1.82) is 0 Å². The second-order valence-electron chi connectivity index (χ2n) is 4.57. The molecule has 1 N–H and O–H groups in total. The maximum atomic E-state index is 12.0. The SMILES string of the molecule is CCCc1cc(=O)[nH]c(SCC(=O)c2ccn(C)c2)n1. The van der Waals surface area contributed by atoms with Crippen molar-refractivity contribution in [2.75, 3.05) is 5.75 Å². The Hall–Kier alpha value is -1.82. The number of rotatable bonds is 6. The number of ketones is 1. The Balaban J connectivity index is 2.03. The van der Waals surface area contributed by atoms with Crippen molar-refractivity contribution in [2.45, 2.75) is 24.9 Å². The zero-order chi connectivity index (χ0) is 14.5. The summed E-state index contributed by atoms with van der Waals surface area (Å²) in [6.07, 6.45) is 5.32. The van der Waals surface area contributed by atoms with Crippen LogP contribution < -0.4 is 5.56 Å².